The fourth-order valence-corrected chi connectivity index (χ4v) is 1.90. The number of allylic oxidation sites excluding steroid dienone is 2. The van der Waals surface area contributed by atoms with Crippen molar-refractivity contribution in [3.8, 4) is 0 Å². The maximum absolute atomic E-state index is 12.4. The standard InChI is InChI=1S/C17H22N4O2S/c1-10(2)7-14(22)9-15(20-21-17(18)24)16(23)19-13-6-5-11(3)12(4)8-13/h5-8H,9H2,1-4H3,(H,19,23)(H3,18,21,24). The first-order valence-electron chi connectivity index (χ1n) is 7.37. The van der Waals surface area contributed by atoms with Crippen LogP contribution in [-0.4, -0.2) is 22.5 Å². The van der Waals surface area contributed by atoms with Gasteiger partial charge >= 0.3 is 0 Å². The van der Waals surface area contributed by atoms with Gasteiger partial charge in [0.1, 0.15) is 5.71 Å². The van der Waals surface area contributed by atoms with Gasteiger partial charge in [0.25, 0.3) is 5.91 Å². The number of hydrogen-bond acceptors (Lipinski definition) is 4. The highest BCUT2D eigenvalue weighted by Gasteiger charge is 2.16. The predicted octanol–water partition coefficient (Wildman–Crippen LogP) is 2.36. The van der Waals surface area contributed by atoms with E-state index in [0.717, 1.165) is 16.7 Å². The Morgan fingerprint density at radius 2 is 1.92 bits per heavy atom. The van der Waals surface area contributed by atoms with Crippen molar-refractivity contribution < 1.29 is 9.59 Å². The number of anilines is 1. The van der Waals surface area contributed by atoms with Crippen LogP contribution in [0.3, 0.4) is 0 Å². The summed E-state index contributed by atoms with van der Waals surface area (Å²) in [4.78, 5) is 24.3. The van der Waals surface area contributed by atoms with Crippen LogP contribution in [0.15, 0.2) is 34.9 Å². The molecule has 0 heterocycles. The molecule has 1 aromatic carbocycles. The molecule has 0 bridgehead atoms. The number of carbonyl (C=O) groups is 2. The second-order valence-electron chi connectivity index (χ2n) is 5.65. The first-order valence-corrected chi connectivity index (χ1v) is 7.78. The van der Waals surface area contributed by atoms with Crippen molar-refractivity contribution >= 4 is 40.4 Å². The maximum atomic E-state index is 12.4. The van der Waals surface area contributed by atoms with Crippen molar-refractivity contribution in [2.24, 2.45) is 10.8 Å². The molecule has 7 heteroatoms. The van der Waals surface area contributed by atoms with Crippen molar-refractivity contribution in [3.05, 3.63) is 41.0 Å². The van der Waals surface area contributed by atoms with Gasteiger partial charge in [0.2, 0.25) is 0 Å². The van der Waals surface area contributed by atoms with Crippen LogP contribution < -0.4 is 16.5 Å². The smallest absolute Gasteiger partial charge is 0.272 e. The van der Waals surface area contributed by atoms with Crippen LogP contribution in [0, 0.1) is 13.8 Å². The first kappa shape index (κ1) is 19.5. The average molecular weight is 346 g/mol. The lowest BCUT2D eigenvalue weighted by Gasteiger charge is -2.09. The topological polar surface area (TPSA) is 96.6 Å². The number of benzene rings is 1. The van der Waals surface area contributed by atoms with E-state index in [2.05, 4.69) is 28.1 Å². The van der Waals surface area contributed by atoms with Crippen molar-refractivity contribution in [3.63, 3.8) is 0 Å². The summed E-state index contributed by atoms with van der Waals surface area (Å²) in [5.74, 6) is -0.716. The molecule has 0 aliphatic heterocycles. The number of carbonyl (C=O) groups excluding carboxylic acids is 2. The highest BCUT2D eigenvalue weighted by Crippen LogP contribution is 2.14. The lowest BCUT2D eigenvalue weighted by Crippen LogP contribution is -2.31. The lowest BCUT2D eigenvalue weighted by molar-refractivity contribution is -0.115. The molecule has 0 saturated carbocycles. The summed E-state index contributed by atoms with van der Waals surface area (Å²) in [6.07, 6.45) is 1.30. The number of hydrogen-bond donors (Lipinski definition) is 3. The number of ketones is 1. The van der Waals surface area contributed by atoms with E-state index in [1.54, 1.807) is 19.9 Å². The van der Waals surface area contributed by atoms with Crippen molar-refractivity contribution in [2.75, 3.05) is 5.32 Å². The zero-order valence-electron chi connectivity index (χ0n) is 14.3. The summed E-state index contributed by atoms with van der Waals surface area (Å²) in [7, 11) is 0. The first-order chi connectivity index (χ1) is 11.2. The van der Waals surface area contributed by atoms with Gasteiger partial charge in [0.05, 0.1) is 6.42 Å². The van der Waals surface area contributed by atoms with Crippen LogP contribution in [0.5, 0.6) is 0 Å². The minimum atomic E-state index is -0.488. The summed E-state index contributed by atoms with van der Waals surface area (Å²) < 4.78 is 0. The normalized spacial score (nSPS) is 10.8. The molecule has 0 unspecified atom stereocenters. The summed E-state index contributed by atoms with van der Waals surface area (Å²) >= 11 is 4.68. The Morgan fingerprint density at radius 1 is 1.25 bits per heavy atom. The van der Waals surface area contributed by atoms with Gasteiger partial charge in [-0.15, -0.1) is 0 Å². The van der Waals surface area contributed by atoms with Crippen LogP contribution in [0.2, 0.25) is 0 Å². The van der Waals surface area contributed by atoms with Crippen LogP contribution in [0.4, 0.5) is 5.69 Å². The summed E-state index contributed by atoms with van der Waals surface area (Å²) in [6, 6.07) is 5.55. The Hall–Kier alpha value is -2.54. The molecule has 1 rings (SSSR count). The Morgan fingerprint density at radius 3 is 2.46 bits per heavy atom. The van der Waals surface area contributed by atoms with Crippen LogP contribution in [-0.2, 0) is 9.59 Å². The van der Waals surface area contributed by atoms with E-state index >= 15 is 0 Å². The molecular weight excluding hydrogens is 324 g/mol. The zero-order chi connectivity index (χ0) is 18.3. The summed E-state index contributed by atoms with van der Waals surface area (Å²) in [5.41, 5.74) is 11.3. The number of hydrazone groups is 1. The van der Waals surface area contributed by atoms with Gasteiger partial charge in [-0.25, -0.2) is 0 Å². The Bertz CT molecular complexity index is 719. The van der Waals surface area contributed by atoms with E-state index in [9.17, 15) is 9.59 Å². The summed E-state index contributed by atoms with van der Waals surface area (Å²) in [6.45, 7) is 7.54. The quantitative estimate of drug-likeness (QED) is 0.318. The van der Waals surface area contributed by atoms with Crippen molar-refractivity contribution in [2.45, 2.75) is 34.1 Å². The molecule has 0 radical (unpaired) electrons. The molecule has 0 saturated heterocycles. The maximum Gasteiger partial charge on any atom is 0.272 e. The number of nitrogens with zero attached hydrogens (tertiary/aromatic N) is 1. The monoisotopic (exact) mass is 346 g/mol. The highest BCUT2D eigenvalue weighted by molar-refractivity contribution is 7.80. The lowest BCUT2D eigenvalue weighted by atomic mass is 10.1. The molecule has 1 aromatic rings. The molecule has 0 aromatic heterocycles. The second-order valence-corrected chi connectivity index (χ2v) is 6.09. The third kappa shape index (κ3) is 6.70. The molecule has 1 amide bonds. The minimum absolute atomic E-state index is 0.00327. The molecule has 4 N–H and O–H groups in total. The predicted molar refractivity (Wildman–Crippen MR) is 101 cm³/mol. The molecule has 0 atom stereocenters. The van der Waals surface area contributed by atoms with Crippen LogP contribution >= 0.6 is 12.2 Å². The Balaban J connectivity index is 2.96. The van der Waals surface area contributed by atoms with Gasteiger partial charge in [0, 0.05) is 5.69 Å². The third-order valence-electron chi connectivity index (χ3n) is 3.12. The number of nitrogens with one attached hydrogen (secondary N) is 2. The van der Waals surface area contributed by atoms with Crippen LogP contribution in [0.1, 0.15) is 31.4 Å². The summed E-state index contributed by atoms with van der Waals surface area (Å²) in [5, 5.41) is 6.49. The molecule has 128 valence electrons. The number of amides is 1. The molecule has 24 heavy (non-hydrogen) atoms. The van der Waals surface area contributed by atoms with E-state index in [1.807, 2.05) is 26.0 Å². The fourth-order valence-electron chi connectivity index (χ4n) is 1.85. The number of thiocarbonyl (C=S) groups is 1. The van der Waals surface area contributed by atoms with Crippen LogP contribution in [0.25, 0.3) is 0 Å². The minimum Gasteiger partial charge on any atom is -0.375 e. The van der Waals surface area contributed by atoms with Crippen molar-refractivity contribution in [1.29, 1.82) is 0 Å². The van der Waals surface area contributed by atoms with E-state index in [1.165, 1.54) is 6.08 Å². The fraction of sp³-hybridized carbons (Fsp3) is 0.294. The largest absolute Gasteiger partial charge is 0.375 e. The highest BCUT2D eigenvalue weighted by atomic mass is 32.1. The number of rotatable bonds is 6. The Kier molecular flexibility index (Phi) is 7.26. The van der Waals surface area contributed by atoms with E-state index in [0.29, 0.717) is 5.69 Å². The number of aryl methyl sites for hydroxylation is 2. The molecule has 0 aliphatic carbocycles. The average Bonchev–Trinajstić information content (AvgIpc) is 2.46. The van der Waals surface area contributed by atoms with Gasteiger partial charge in [-0.3, -0.25) is 15.0 Å². The second kappa shape index (κ2) is 8.93. The molecule has 0 aliphatic rings. The van der Waals surface area contributed by atoms with Gasteiger partial charge in [-0.1, -0.05) is 11.6 Å². The molecule has 0 spiro atoms. The zero-order valence-corrected chi connectivity index (χ0v) is 15.1. The SMILES string of the molecule is CC(C)=CC(=O)CC(=NNC(N)=S)C(=O)Nc1ccc(C)c(C)c1. The third-order valence-corrected chi connectivity index (χ3v) is 3.21. The van der Waals surface area contributed by atoms with E-state index < -0.39 is 5.91 Å². The molecular formula is C17H22N4O2S. The number of nitrogens with two attached hydrogens (primary N) is 1. The van der Waals surface area contributed by atoms with Gasteiger partial charge < -0.3 is 11.1 Å². The molecule has 0 fully saturated rings. The van der Waals surface area contributed by atoms with Crippen molar-refractivity contribution in [1.82, 2.24) is 5.43 Å². The van der Waals surface area contributed by atoms with Gasteiger partial charge in [0.15, 0.2) is 10.9 Å². The molecule has 6 nitrogen and oxygen atoms in total. The Labute approximate surface area is 147 Å². The van der Waals surface area contributed by atoms with Gasteiger partial charge in [-0.2, -0.15) is 5.10 Å². The van der Waals surface area contributed by atoms with Gasteiger partial charge in [-0.05, 0) is 69.2 Å². The van der Waals surface area contributed by atoms with E-state index in [4.69, 9.17) is 5.73 Å². The van der Waals surface area contributed by atoms with E-state index in [-0.39, 0.29) is 23.0 Å².